The van der Waals surface area contributed by atoms with Gasteiger partial charge in [0.05, 0.1) is 17.2 Å². The second-order valence-electron chi connectivity index (χ2n) is 10.2. The molecule has 1 atom stereocenters. The fourth-order valence-corrected chi connectivity index (χ4v) is 5.40. The average Bonchev–Trinajstić information content (AvgIpc) is 2.90. The molecule has 208 valence electrons. The Bertz CT molecular complexity index is 1340. The molecular formula is C30H37N3O5S. The quantitative estimate of drug-likeness (QED) is 0.375. The number of carbonyl (C=O) groups excluding carboxylic acids is 2. The normalized spacial score (nSPS) is 12.3. The van der Waals surface area contributed by atoms with Gasteiger partial charge in [0.15, 0.2) is 0 Å². The molecule has 0 unspecified atom stereocenters. The zero-order valence-corrected chi connectivity index (χ0v) is 23.9. The highest BCUT2D eigenvalue weighted by Gasteiger charge is 2.33. The molecule has 3 rings (SSSR count). The van der Waals surface area contributed by atoms with Gasteiger partial charge in [-0.2, -0.15) is 0 Å². The molecule has 0 aliphatic carbocycles. The molecule has 9 heteroatoms. The SMILES string of the molecule is CCOc1ccc(N(CC(=O)N(Cc2ccccc2)[C@@H](C)C(=O)NC(C)(C)C)S(=O)(=O)c2ccccc2)cc1. The Kier molecular flexibility index (Phi) is 9.75. The predicted octanol–water partition coefficient (Wildman–Crippen LogP) is 4.61. The van der Waals surface area contributed by atoms with E-state index in [1.165, 1.54) is 17.0 Å². The van der Waals surface area contributed by atoms with Crippen molar-refractivity contribution in [2.75, 3.05) is 17.5 Å². The summed E-state index contributed by atoms with van der Waals surface area (Å²) >= 11 is 0. The Balaban J connectivity index is 2.01. The number of sulfonamides is 1. The molecule has 0 aliphatic heterocycles. The zero-order chi connectivity index (χ0) is 28.6. The van der Waals surface area contributed by atoms with Gasteiger partial charge in [-0.1, -0.05) is 48.5 Å². The Hall–Kier alpha value is -3.85. The van der Waals surface area contributed by atoms with E-state index >= 15 is 0 Å². The van der Waals surface area contributed by atoms with E-state index in [9.17, 15) is 18.0 Å². The van der Waals surface area contributed by atoms with Crippen LogP contribution in [0.2, 0.25) is 0 Å². The van der Waals surface area contributed by atoms with Crippen LogP contribution < -0.4 is 14.4 Å². The first-order chi connectivity index (χ1) is 18.4. The van der Waals surface area contributed by atoms with Crippen molar-refractivity contribution in [2.24, 2.45) is 0 Å². The lowest BCUT2D eigenvalue weighted by Gasteiger charge is -2.33. The molecule has 0 heterocycles. The number of rotatable bonds is 11. The van der Waals surface area contributed by atoms with Crippen LogP contribution in [0.5, 0.6) is 5.75 Å². The van der Waals surface area contributed by atoms with Gasteiger partial charge in [0.2, 0.25) is 11.8 Å². The van der Waals surface area contributed by atoms with Gasteiger partial charge in [0, 0.05) is 12.1 Å². The molecule has 8 nitrogen and oxygen atoms in total. The molecule has 3 aromatic carbocycles. The van der Waals surface area contributed by atoms with Crippen LogP contribution in [0, 0.1) is 0 Å². The van der Waals surface area contributed by atoms with Crippen molar-refractivity contribution >= 4 is 27.5 Å². The average molecular weight is 552 g/mol. The molecular weight excluding hydrogens is 514 g/mol. The molecule has 39 heavy (non-hydrogen) atoms. The lowest BCUT2D eigenvalue weighted by Crippen LogP contribution is -2.54. The highest BCUT2D eigenvalue weighted by molar-refractivity contribution is 7.92. The first-order valence-electron chi connectivity index (χ1n) is 12.9. The maximum absolute atomic E-state index is 13.9. The number of anilines is 1. The van der Waals surface area contributed by atoms with Crippen LogP contribution in [0.4, 0.5) is 5.69 Å². The van der Waals surface area contributed by atoms with Crippen molar-refractivity contribution in [1.29, 1.82) is 0 Å². The van der Waals surface area contributed by atoms with E-state index < -0.39 is 34.1 Å². The molecule has 1 N–H and O–H groups in total. The fraction of sp³-hybridized carbons (Fsp3) is 0.333. The lowest BCUT2D eigenvalue weighted by atomic mass is 10.1. The van der Waals surface area contributed by atoms with Crippen LogP contribution in [0.15, 0.2) is 89.8 Å². The van der Waals surface area contributed by atoms with Gasteiger partial charge < -0.3 is 15.0 Å². The minimum atomic E-state index is -4.11. The number of benzene rings is 3. The number of ether oxygens (including phenoxy) is 1. The first kappa shape index (κ1) is 29.7. The van der Waals surface area contributed by atoms with Crippen LogP contribution in [0.25, 0.3) is 0 Å². The second kappa shape index (κ2) is 12.8. The van der Waals surface area contributed by atoms with Gasteiger partial charge in [0.1, 0.15) is 18.3 Å². The largest absolute Gasteiger partial charge is 0.494 e. The molecule has 0 radical (unpaired) electrons. The smallest absolute Gasteiger partial charge is 0.264 e. The summed E-state index contributed by atoms with van der Waals surface area (Å²) in [5.74, 6) is -0.253. The topological polar surface area (TPSA) is 96.0 Å². The lowest BCUT2D eigenvalue weighted by molar-refractivity contribution is -0.140. The van der Waals surface area contributed by atoms with E-state index in [4.69, 9.17) is 4.74 Å². The Morgan fingerprint density at radius 2 is 1.46 bits per heavy atom. The number of amides is 2. The monoisotopic (exact) mass is 551 g/mol. The summed E-state index contributed by atoms with van der Waals surface area (Å²) in [7, 11) is -4.11. The minimum absolute atomic E-state index is 0.0554. The van der Waals surface area contributed by atoms with Crippen molar-refractivity contribution in [3.8, 4) is 5.75 Å². The first-order valence-corrected chi connectivity index (χ1v) is 14.3. The van der Waals surface area contributed by atoms with Gasteiger partial charge in [-0.25, -0.2) is 8.42 Å². The number of nitrogens with one attached hydrogen (secondary N) is 1. The minimum Gasteiger partial charge on any atom is -0.494 e. The van der Waals surface area contributed by atoms with E-state index in [1.54, 1.807) is 49.4 Å². The van der Waals surface area contributed by atoms with E-state index in [2.05, 4.69) is 5.32 Å². The zero-order valence-electron chi connectivity index (χ0n) is 23.1. The highest BCUT2D eigenvalue weighted by Crippen LogP contribution is 2.26. The highest BCUT2D eigenvalue weighted by atomic mass is 32.2. The van der Waals surface area contributed by atoms with Crippen molar-refractivity contribution in [3.05, 3.63) is 90.5 Å². The summed E-state index contributed by atoms with van der Waals surface area (Å²) in [4.78, 5) is 28.5. The summed E-state index contributed by atoms with van der Waals surface area (Å²) in [6.45, 7) is 9.20. The van der Waals surface area contributed by atoms with Gasteiger partial charge in [-0.15, -0.1) is 0 Å². The van der Waals surface area contributed by atoms with E-state index in [-0.39, 0.29) is 17.3 Å². The maximum Gasteiger partial charge on any atom is 0.264 e. The van der Waals surface area contributed by atoms with Gasteiger partial charge in [-0.3, -0.25) is 13.9 Å². The van der Waals surface area contributed by atoms with Crippen LogP contribution in [-0.2, 0) is 26.2 Å². The Labute approximate surface area is 231 Å². The van der Waals surface area contributed by atoms with Crippen LogP contribution in [-0.4, -0.2) is 49.9 Å². The summed E-state index contributed by atoms with van der Waals surface area (Å²) in [6.07, 6.45) is 0. The predicted molar refractivity (Wildman–Crippen MR) is 153 cm³/mol. The number of hydrogen-bond donors (Lipinski definition) is 1. The summed E-state index contributed by atoms with van der Waals surface area (Å²) < 4.78 is 34.2. The molecule has 0 aliphatic rings. The molecule has 0 saturated carbocycles. The van der Waals surface area contributed by atoms with Gasteiger partial charge in [-0.05, 0) is 76.6 Å². The maximum atomic E-state index is 13.9. The van der Waals surface area contributed by atoms with Crippen LogP contribution >= 0.6 is 0 Å². The molecule has 0 aromatic heterocycles. The molecule has 3 aromatic rings. The third-order valence-corrected chi connectivity index (χ3v) is 7.70. The van der Waals surface area contributed by atoms with E-state index in [0.717, 1.165) is 9.87 Å². The second-order valence-corrected chi connectivity index (χ2v) is 12.0. The Morgan fingerprint density at radius 1 is 0.897 bits per heavy atom. The number of nitrogens with zero attached hydrogens (tertiary/aromatic N) is 2. The van der Waals surface area contributed by atoms with Gasteiger partial charge in [0.25, 0.3) is 10.0 Å². The van der Waals surface area contributed by atoms with Crippen molar-refractivity contribution in [2.45, 2.75) is 57.6 Å². The summed E-state index contributed by atoms with van der Waals surface area (Å²) in [5.41, 5.74) is 0.625. The third-order valence-electron chi connectivity index (χ3n) is 5.91. The van der Waals surface area contributed by atoms with E-state index in [1.807, 2.05) is 58.0 Å². The molecule has 0 spiro atoms. The van der Waals surface area contributed by atoms with Crippen LogP contribution in [0.1, 0.15) is 40.2 Å². The molecule has 0 bridgehead atoms. The molecule has 0 fully saturated rings. The summed E-state index contributed by atoms with van der Waals surface area (Å²) in [6, 6.07) is 22.9. The summed E-state index contributed by atoms with van der Waals surface area (Å²) in [5, 5.41) is 2.92. The van der Waals surface area contributed by atoms with Crippen molar-refractivity contribution < 1.29 is 22.7 Å². The standard InChI is InChI=1S/C30H37N3O5S/c1-6-38-26-19-17-25(18-20-26)33(39(36,37)27-15-11-8-12-16-27)22-28(34)32(21-24-13-9-7-10-14-24)23(2)29(35)31-30(3,4)5/h7-20,23H,6,21-22H2,1-5H3,(H,31,35)/t23-/m0/s1. The van der Waals surface area contributed by atoms with E-state index in [0.29, 0.717) is 18.0 Å². The van der Waals surface area contributed by atoms with Crippen molar-refractivity contribution in [3.63, 3.8) is 0 Å². The van der Waals surface area contributed by atoms with Gasteiger partial charge >= 0.3 is 0 Å². The number of carbonyl (C=O) groups is 2. The van der Waals surface area contributed by atoms with Crippen LogP contribution in [0.3, 0.4) is 0 Å². The Morgan fingerprint density at radius 3 is 2.00 bits per heavy atom. The molecule has 2 amide bonds. The van der Waals surface area contributed by atoms with Crippen molar-refractivity contribution in [1.82, 2.24) is 10.2 Å². The fourth-order valence-electron chi connectivity index (χ4n) is 3.96. The molecule has 0 saturated heterocycles. The number of hydrogen-bond acceptors (Lipinski definition) is 5. The third kappa shape index (κ3) is 8.07.